The molecule has 0 atom stereocenters. The first-order chi connectivity index (χ1) is 8.47. The lowest BCUT2D eigenvalue weighted by atomic mass is 10.1. The number of fused-ring (bicyclic) bond motifs is 1. The number of thioether (sulfide) groups is 1. The fraction of sp³-hybridized carbons (Fsp3) is 0.333. The Balaban J connectivity index is 2.21. The molecule has 2 aromatic carbocycles. The third-order valence-electron chi connectivity index (χ3n) is 2.83. The van der Waals surface area contributed by atoms with Crippen LogP contribution in [0.5, 0.6) is 5.75 Å². The zero-order valence-electron chi connectivity index (χ0n) is 10.7. The molecule has 0 radical (unpaired) electrons. The molecular weight excluding hydrogens is 244 g/mol. The molecule has 0 aliphatic rings. The van der Waals surface area contributed by atoms with Gasteiger partial charge in [0.05, 0.1) is 5.60 Å². The van der Waals surface area contributed by atoms with Crippen molar-refractivity contribution in [3.63, 3.8) is 0 Å². The third kappa shape index (κ3) is 3.18. The van der Waals surface area contributed by atoms with Crippen LogP contribution in [0.25, 0.3) is 10.8 Å². The smallest absolute Gasteiger partial charge is 0.123 e. The van der Waals surface area contributed by atoms with Crippen LogP contribution in [0.15, 0.2) is 41.3 Å². The summed E-state index contributed by atoms with van der Waals surface area (Å²) in [5.74, 6) is 1.18. The van der Waals surface area contributed by atoms with Gasteiger partial charge in [-0.25, -0.2) is 0 Å². The summed E-state index contributed by atoms with van der Waals surface area (Å²) >= 11 is 1.71. The lowest BCUT2D eigenvalue weighted by molar-refractivity contribution is 0.0778. The van der Waals surface area contributed by atoms with E-state index in [1.165, 1.54) is 0 Å². The molecule has 96 valence electrons. The molecule has 3 heteroatoms. The molecule has 18 heavy (non-hydrogen) atoms. The summed E-state index contributed by atoms with van der Waals surface area (Å²) in [6, 6.07) is 11.5. The Morgan fingerprint density at radius 3 is 2.39 bits per heavy atom. The van der Waals surface area contributed by atoms with Crippen LogP contribution in [0, 0.1) is 0 Å². The first-order valence-corrected chi connectivity index (χ1v) is 7.02. The molecule has 0 saturated carbocycles. The molecule has 0 unspecified atom stereocenters. The summed E-state index contributed by atoms with van der Waals surface area (Å²) in [7, 11) is 0. The lowest BCUT2D eigenvalue weighted by Crippen LogP contribution is -2.18. The molecule has 2 aromatic rings. The maximum atomic E-state index is 9.80. The van der Waals surface area contributed by atoms with Crippen molar-refractivity contribution in [1.82, 2.24) is 0 Å². The molecule has 0 bridgehead atoms. The SMILES string of the molecule is CC(C)(O)CCSc1ccc(O)c2ccccc12. The monoisotopic (exact) mass is 262 g/mol. The molecule has 2 rings (SSSR count). The number of hydrogen-bond donors (Lipinski definition) is 2. The predicted molar refractivity (Wildman–Crippen MR) is 77.3 cm³/mol. The van der Waals surface area contributed by atoms with Crippen molar-refractivity contribution in [3.05, 3.63) is 36.4 Å². The average molecular weight is 262 g/mol. The summed E-state index contributed by atoms with van der Waals surface area (Å²) in [6.07, 6.45) is 0.743. The highest BCUT2D eigenvalue weighted by atomic mass is 32.2. The van der Waals surface area contributed by atoms with Gasteiger partial charge < -0.3 is 10.2 Å². The minimum atomic E-state index is -0.625. The highest BCUT2D eigenvalue weighted by Gasteiger charge is 2.12. The second-order valence-electron chi connectivity index (χ2n) is 5.04. The van der Waals surface area contributed by atoms with Crippen LogP contribution in [0.2, 0.25) is 0 Å². The van der Waals surface area contributed by atoms with Gasteiger partial charge in [-0.1, -0.05) is 24.3 Å². The number of aromatic hydroxyl groups is 1. The highest BCUT2D eigenvalue weighted by molar-refractivity contribution is 7.99. The van der Waals surface area contributed by atoms with Crippen LogP contribution >= 0.6 is 11.8 Å². The van der Waals surface area contributed by atoms with E-state index in [1.54, 1.807) is 17.8 Å². The van der Waals surface area contributed by atoms with E-state index < -0.39 is 5.60 Å². The number of rotatable bonds is 4. The van der Waals surface area contributed by atoms with E-state index in [0.717, 1.165) is 27.8 Å². The molecule has 2 nitrogen and oxygen atoms in total. The molecule has 0 aliphatic heterocycles. The second-order valence-corrected chi connectivity index (χ2v) is 6.18. The molecule has 0 heterocycles. The van der Waals surface area contributed by atoms with Gasteiger partial charge in [0.25, 0.3) is 0 Å². The van der Waals surface area contributed by atoms with E-state index in [9.17, 15) is 10.2 Å². The van der Waals surface area contributed by atoms with Crippen molar-refractivity contribution < 1.29 is 10.2 Å². The summed E-state index contributed by atoms with van der Waals surface area (Å²) in [5, 5.41) is 21.4. The molecule has 0 aromatic heterocycles. The van der Waals surface area contributed by atoms with E-state index in [1.807, 2.05) is 44.2 Å². The van der Waals surface area contributed by atoms with Crippen LogP contribution in [0.3, 0.4) is 0 Å². The van der Waals surface area contributed by atoms with E-state index in [-0.39, 0.29) is 0 Å². The third-order valence-corrected chi connectivity index (χ3v) is 3.91. The molecule has 0 saturated heterocycles. The Kier molecular flexibility index (Phi) is 3.83. The molecule has 0 spiro atoms. The van der Waals surface area contributed by atoms with Crippen molar-refractivity contribution >= 4 is 22.5 Å². The number of aliphatic hydroxyl groups is 1. The quantitative estimate of drug-likeness (QED) is 0.823. The fourth-order valence-electron chi connectivity index (χ4n) is 1.79. The van der Waals surface area contributed by atoms with Crippen LogP contribution < -0.4 is 0 Å². The maximum Gasteiger partial charge on any atom is 0.123 e. The maximum absolute atomic E-state index is 9.80. The normalized spacial score (nSPS) is 11.9. The van der Waals surface area contributed by atoms with Crippen molar-refractivity contribution in [3.8, 4) is 5.75 Å². The fourth-order valence-corrected chi connectivity index (χ4v) is 3.11. The lowest BCUT2D eigenvalue weighted by Gasteiger charge is -2.16. The van der Waals surface area contributed by atoms with Crippen molar-refractivity contribution in [2.24, 2.45) is 0 Å². The van der Waals surface area contributed by atoms with Gasteiger partial charge in [-0.2, -0.15) is 0 Å². The zero-order valence-corrected chi connectivity index (χ0v) is 11.5. The molecule has 0 amide bonds. The van der Waals surface area contributed by atoms with E-state index >= 15 is 0 Å². The zero-order chi connectivity index (χ0) is 13.2. The van der Waals surface area contributed by atoms with Gasteiger partial charge in [-0.05, 0) is 37.8 Å². The van der Waals surface area contributed by atoms with Gasteiger partial charge in [0.1, 0.15) is 5.75 Å². The van der Waals surface area contributed by atoms with Gasteiger partial charge >= 0.3 is 0 Å². The Bertz CT molecular complexity index is 544. The predicted octanol–water partition coefficient (Wildman–Crippen LogP) is 3.80. The number of phenolic OH excluding ortho intramolecular Hbond substituents is 1. The highest BCUT2D eigenvalue weighted by Crippen LogP contribution is 2.33. The first kappa shape index (κ1) is 13.2. The van der Waals surface area contributed by atoms with Crippen molar-refractivity contribution in [1.29, 1.82) is 0 Å². The number of phenols is 1. The minimum Gasteiger partial charge on any atom is -0.507 e. The minimum absolute atomic E-state index is 0.317. The molecule has 0 fully saturated rings. The van der Waals surface area contributed by atoms with Gasteiger partial charge in [0, 0.05) is 16.0 Å². The van der Waals surface area contributed by atoms with E-state index in [0.29, 0.717) is 5.75 Å². The van der Waals surface area contributed by atoms with Gasteiger partial charge in [0.2, 0.25) is 0 Å². The Hall–Kier alpha value is -1.19. The molecule has 2 N–H and O–H groups in total. The van der Waals surface area contributed by atoms with Crippen LogP contribution in [0.1, 0.15) is 20.3 Å². The average Bonchev–Trinajstić information content (AvgIpc) is 2.31. The Morgan fingerprint density at radius 2 is 1.72 bits per heavy atom. The summed E-state index contributed by atoms with van der Waals surface area (Å²) in [5.41, 5.74) is -0.625. The first-order valence-electron chi connectivity index (χ1n) is 6.03. The van der Waals surface area contributed by atoms with Crippen molar-refractivity contribution in [2.75, 3.05) is 5.75 Å². The standard InChI is InChI=1S/C15H18O2S/c1-15(2,17)9-10-18-14-8-7-13(16)11-5-3-4-6-12(11)14/h3-8,16-17H,9-10H2,1-2H3. The van der Waals surface area contributed by atoms with Crippen LogP contribution in [-0.4, -0.2) is 21.6 Å². The van der Waals surface area contributed by atoms with Gasteiger partial charge in [0.15, 0.2) is 0 Å². The van der Waals surface area contributed by atoms with Gasteiger partial charge in [-0.3, -0.25) is 0 Å². The Morgan fingerprint density at radius 1 is 1.06 bits per heavy atom. The number of hydrogen-bond acceptors (Lipinski definition) is 3. The van der Waals surface area contributed by atoms with E-state index in [2.05, 4.69) is 0 Å². The van der Waals surface area contributed by atoms with Gasteiger partial charge in [-0.15, -0.1) is 11.8 Å². The second kappa shape index (κ2) is 5.21. The summed E-state index contributed by atoms with van der Waals surface area (Å²) < 4.78 is 0. The van der Waals surface area contributed by atoms with E-state index in [4.69, 9.17) is 0 Å². The number of benzene rings is 2. The largest absolute Gasteiger partial charge is 0.507 e. The molecular formula is C15H18O2S. The van der Waals surface area contributed by atoms with Crippen LogP contribution in [-0.2, 0) is 0 Å². The van der Waals surface area contributed by atoms with Crippen LogP contribution in [0.4, 0.5) is 0 Å². The summed E-state index contributed by atoms with van der Waals surface area (Å²) in [6.45, 7) is 3.64. The van der Waals surface area contributed by atoms with Crippen molar-refractivity contribution in [2.45, 2.75) is 30.8 Å². The summed E-state index contributed by atoms with van der Waals surface area (Å²) in [4.78, 5) is 1.15. The topological polar surface area (TPSA) is 40.5 Å². The Labute approximate surface area is 112 Å². The molecule has 0 aliphatic carbocycles.